The van der Waals surface area contributed by atoms with Crippen LogP contribution in [-0.2, 0) is 0 Å². The molecule has 0 bridgehead atoms. The first-order valence-corrected chi connectivity index (χ1v) is 11.7. The number of hydrogen-bond acceptors (Lipinski definition) is 3. The van der Waals surface area contributed by atoms with Crippen LogP contribution in [-0.4, -0.2) is 41.6 Å². The Kier molecular flexibility index (Phi) is 7.27. The van der Waals surface area contributed by atoms with Gasteiger partial charge in [-0.15, -0.1) is 12.4 Å². The van der Waals surface area contributed by atoms with E-state index < -0.39 is 0 Å². The summed E-state index contributed by atoms with van der Waals surface area (Å²) in [6, 6.07) is 23.1. The van der Waals surface area contributed by atoms with Gasteiger partial charge in [-0.05, 0) is 68.9 Å². The Hall–Kier alpha value is -1.94. The molecular weight excluding hydrogens is 402 g/mol. The third kappa shape index (κ3) is 4.64. The zero-order chi connectivity index (χ0) is 20.3. The number of halogens is 1. The molecule has 2 unspecified atom stereocenters. The Morgan fingerprint density at radius 1 is 0.935 bits per heavy atom. The number of benzene rings is 2. The summed E-state index contributed by atoms with van der Waals surface area (Å²) in [5.41, 5.74) is 4.88. The quantitative estimate of drug-likeness (QED) is 0.542. The van der Waals surface area contributed by atoms with Crippen molar-refractivity contribution < 1.29 is 0 Å². The van der Waals surface area contributed by atoms with Gasteiger partial charge in [0, 0.05) is 23.0 Å². The molecule has 0 aliphatic carbocycles. The maximum atomic E-state index is 5.02. The van der Waals surface area contributed by atoms with E-state index >= 15 is 0 Å². The van der Waals surface area contributed by atoms with Crippen molar-refractivity contribution in [3.63, 3.8) is 0 Å². The molecule has 164 valence electrons. The molecule has 2 fully saturated rings. The summed E-state index contributed by atoms with van der Waals surface area (Å²) in [4.78, 5) is 7.89. The van der Waals surface area contributed by atoms with Crippen LogP contribution in [0.1, 0.15) is 50.5 Å². The van der Waals surface area contributed by atoms with Crippen LogP contribution in [0.2, 0.25) is 0 Å². The number of para-hydroxylation sites is 1. The molecule has 2 aromatic carbocycles. The van der Waals surface area contributed by atoms with Crippen LogP contribution < -0.4 is 5.32 Å². The van der Waals surface area contributed by atoms with Crippen LogP contribution >= 0.6 is 12.4 Å². The maximum Gasteiger partial charge on any atom is 0.0712 e. The Labute approximate surface area is 192 Å². The predicted molar refractivity (Wildman–Crippen MR) is 133 cm³/mol. The largest absolute Gasteiger partial charge is 0.317 e. The van der Waals surface area contributed by atoms with Crippen LogP contribution in [0.3, 0.4) is 0 Å². The van der Waals surface area contributed by atoms with Crippen molar-refractivity contribution in [1.29, 1.82) is 0 Å². The van der Waals surface area contributed by atoms with Gasteiger partial charge in [0.25, 0.3) is 0 Å². The van der Waals surface area contributed by atoms with Crippen molar-refractivity contribution in [1.82, 2.24) is 15.2 Å². The van der Waals surface area contributed by atoms with Gasteiger partial charge in [-0.2, -0.15) is 0 Å². The lowest BCUT2D eigenvalue weighted by molar-refractivity contribution is 0.0640. The molecule has 0 amide bonds. The van der Waals surface area contributed by atoms with Crippen LogP contribution in [0.25, 0.3) is 22.2 Å². The zero-order valence-corrected chi connectivity index (χ0v) is 19.3. The van der Waals surface area contributed by atoms with E-state index in [1.165, 1.54) is 68.3 Å². The Morgan fingerprint density at radius 2 is 1.68 bits per heavy atom. The highest BCUT2D eigenvalue weighted by atomic mass is 35.5. The van der Waals surface area contributed by atoms with Gasteiger partial charge >= 0.3 is 0 Å². The van der Waals surface area contributed by atoms with Crippen LogP contribution in [0.4, 0.5) is 0 Å². The molecule has 3 aromatic rings. The number of nitrogens with one attached hydrogen (secondary N) is 1. The fraction of sp³-hybridized carbons (Fsp3) is 0.444. The lowest BCUT2D eigenvalue weighted by Crippen LogP contribution is -2.51. The average molecular weight is 436 g/mol. The molecule has 2 atom stereocenters. The molecule has 31 heavy (non-hydrogen) atoms. The van der Waals surface area contributed by atoms with Gasteiger partial charge in [-0.1, -0.05) is 61.9 Å². The molecule has 5 rings (SSSR count). The van der Waals surface area contributed by atoms with Crippen molar-refractivity contribution in [2.45, 2.75) is 57.0 Å². The molecule has 3 nitrogen and oxygen atoms in total. The summed E-state index contributed by atoms with van der Waals surface area (Å²) in [6.07, 6.45) is 6.58. The zero-order valence-electron chi connectivity index (χ0n) is 18.5. The second-order valence-electron chi connectivity index (χ2n) is 9.05. The number of fused-ring (bicyclic) bond motifs is 1. The SMILES string of the molecule is CC(c1cc(-c2ccccc2)nc2ccccc12)C1CCCCN1C1CCNCC1.Cl. The van der Waals surface area contributed by atoms with Crippen LogP contribution in [0, 0.1) is 0 Å². The number of pyridine rings is 1. The molecule has 0 saturated carbocycles. The monoisotopic (exact) mass is 435 g/mol. The van der Waals surface area contributed by atoms with E-state index in [1.807, 2.05) is 0 Å². The first-order valence-electron chi connectivity index (χ1n) is 11.7. The number of piperidine rings is 2. The number of nitrogens with zero attached hydrogens (tertiary/aromatic N) is 2. The van der Waals surface area contributed by atoms with Gasteiger partial charge in [-0.3, -0.25) is 4.90 Å². The summed E-state index contributed by atoms with van der Waals surface area (Å²) >= 11 is 0. The second kappa shape index (κ2) is 10.1. The van der Waals surface area contributed by atoms with E-state index in [9.17, 15) is 0 Å². The Balaban J connectivity index is 0.00000231. The van der Waals surface area contributed by atoms with Crippen molar-refractivity contribution in [3.8, 4) is 11.3 Å². The minimum atomic E-state index is 0. The molecular formula is C27H34ClN3. The third-order valence-electron chi connectivity index (χ3n) is 7.26. The second-order valence-corrected chi connectivity index (χ2v) is 9.05. The van der Waals surface area contributed by atoms with Crippen LogP contribution in [0.15, 0.2) is 60.7 Å². The minimum Gasteiger partial charge on any atom is -0.317 e. The predicted octanol–water partition coefficient (Wildman–Crippen LogP) is 6.03. The third-order valence-corrected chi connectivity index (χ3v) is 7.26. The molecule has 2 aliphatic heterocycles. The van der Waals surface area contributed by atoms with Crippen LogP contribution in [0.5, 0.6) is 0 Å². The van der Waals surface area contributed by atoms with Gasteiger partial charge < -0.3 is 5.32 Å². The molecule has 2 saturated heterocycles. The molecule has 1 N–H and O–H groups in total. The highest BCUT2D eigenvalue weighted by Gasteiger charge is 2.34. The molecule has 0 spiro atoms. The summed E-state index contributed by atoms with van der Waals surface area (Å²) in [6.45, 7) is 6.05. The smallest absolute Gasteiger partial charge is 0.0712 e. The van der Waals surface area contributed by atoms with Crippen molar-refractivity contribution in [2.75, 3.05) is 19.6 Å². The van der Waals surface area contributed by atoms with Gasteiger partial charge in [-0.25, -0.2) is 4.98 Å². The summed E-state index contributed by atoms with van der Waals surface area (Å²) in [5, 5.41) is 4.86. The Morgan fingerprint density at radius 3 is 2.48 bits per heavy atom. The van der Waals surface area contributed by atoms with E-state index in [0.717, 1.165) is 17.3 Å². The highest BCUT2D eigenvalue weighted by Crippen LogP contribution is 2.37. The highest BCUT2D eigenvalue weighted by molar-refractivity contribution is 5.86. The van der Waals surface area contributed by atoms with Gasteiger partial charge in [0.05, 0.1) is 11.2 Å². The van der Waals surface area contributed by atoms with Crippen molar-refractivity contribution in [2.24, 2.45) is 0 Å². The van der Waals surface area contributed by atoms with Crippen molar-refractivity contribution in [3.05, 3.63) is 66.2 Å². The van der Waals surface area contributed by atoms with E-state index in [4.69, 9.17) is 4.98 Å². The van der Waals surface area contributed by atoms with E-state index in [-0.39, 0.29) is 12.4 Å². The molecule has 4 heteroatoms. The average Bonchev–Trinajstić information content (AvgIpc) is 2.84. The topological polar surface area (TPSA) is 28.2 Å². The lowest BCUT2D eigenvalue weighted by atomic mass is 9.83. The van der Waals surface area contributed by atoms with Gasteiger partial charge in [0.2, 0.25) is 0 Å². The van der Waals surface area contributed by atoms with Gasteiger partial charge in [0.1, 0.15) is 0 Å². The fourth-order valence-electron chi connectivity index (χ4n) is 5.65. The summed E-state index contributed by atoms with van der Waals surface area (Å²) in [5.74, 6) is 0.496. The minimum absolute atomic E-state index is 0. The number of aromatic nitrogens is 1. The summed E-state index contributed by atoms with van der Waals surface area (Å²) in [7, 11) is 0. The van der Waals surface area contributed by atoms with Crippen molar-refractivity contribution >= 4 is 23.3 Å². The molecule has 1 aromatic heterocycles. The molecule has 0 radical (unpaired) electrons. The first-order chi connectivity index (χ1) is 14.8. The van der Waals surface area contributed by atoms with E-state index in [1.54, 1.807) is 0 Å². The summed E-state index contributed by atoms with van der Waals surface area (Å²) < 4.78 is 0. The molecule has 2 aliphatic rings. The van der Waals surface area contributed by atoms with E-state index in [2.05, 4.69) is 77.8 Å². The lowest BCUT2D eigenvalue weighted by Gasteiger charge is -2.45. The normalized spacial score (nSPS) is 21.5. The Bertz CT molecular complexity index is 984. The number of rotatable bonds is 4. The fourth-order valence-corrected chi connectivity index (χ4v) is 5.65. The molecule has 3 heterocycles. The first kappa shape index (κ1) is 22.3. The maximum absolute atomic E-state index is 5.02. The number of hydrogen-bond donors (Lipinski definition) is 1. The van der Waals surface area contributed by atoms with E-state index in [0.29, 0.717) is 12.0 Å². The number of likely N-dealkylation sites (tertiary alicyclic amines) is 1. The van der Waals surface area contributed by atoms with Gasteiger partial charge in [0.15, 0.2) is 0 Å². The standard InChI is InChI=1S/C27H33N3.ClH/c1-20(27-13-7-8-18-30(27)22-14-16-28-17-15-22)24-19-26(21-9-3-2-4-10-21)29-25-12-6-5-11-23(24)25;/h2-6,9-12,19-20,22,27-28H,7-8,13-18H2,1H3;1H.